The number of amides is 1. The van der Waals surface area contributed by atoms with Crippen LogP contribution in [0.25, 0.3) is 10.8 Å². The van der Waals surface area contributed by atoms with Crippen LogP contribution < -0.4 is 14.4 Å². The largest absolute Gasteiger partial charge is 0.493 e. The van der Waals surface area contributed by atoms with Gasteiger partial charge in [0.1, 0.15) is 11.5 Å². The van der Waals surface area contributed by atoms with Crippen LogP contribution in [0, 0.1) is 0 Å². The minimum Gasteiger partial charge on any atom is -0.493 e. The van der Waals surface area contributed by atoms with Crippen LogP contribution in [0.15, 0.2) is 48.5 Å². The molecule has 1 amide bonds. The number of rotatable bonds is 10. The monoisotopic (exact) mass is 461 g/mol. The maximum absolute atomic E-state index is 13.7. The Labute approximate surface area is 200 Å². The van der Waals surface area contributed by atoms with Crippen LogP contribution in [-0.2, 0) is 11.3 Å². The van der Waals surface area contributed by atoms with Crippen LogP contribution in [-0.4, -0.2) is 30.2 Å². The molecule has 6 nitrogen and oxygen atoms in total. The summed E-state index contributed by atoms with van der Waals surface area (Å²) in [6, 6.07) is 15.1. The van der Waals surface area contributed by atoms with E-state index in [1.165, 1.54) is 0 Å². The maximum Gasteiger partial charge on any atom is 0.310 e. The maximum atomic E-state index is 13.7. The van der Waals surface area contributed by atoms with Crippen molar-refractivity contribution in [1.82, 2.24) is 0 Å². The smallest absolute Gasteiger partial charge is 0.310 e. The Kier molecular flexibility index (Phi) is 7.06. The number of benzene rings is 3. The standard InChI is InChI=1S/C28H31NO5/c1-4-15-33-25-21-9-7-8-10-22(21)26(34-16-5-2)24-23(25)17-29(27(24)30)19-13-11-18(12-14-19)20(6-3)28(31)32/h7-14,20H,4-6,15-17H2,1-3H3,(H,31,32). The van der Waals surface area contributed by atoms with Crippen molar-refractivity contribution < 1.29 is 24.2 Å². The number of carbonyl (C=O) groups is 2. The lowest BCUT2D eigenvalue weighted by Crippen LogP contribution is -2.23. The molecule has 0 aromatic heterocycles. The van der Waals surface area contributed by atoms with Crippen molar-refractivity contribution >= 4 is 28.3 Å². The molecule has 1 heterocycles. The molecule has 1 aliphatic rings. The Morgan fingerprint density at radius 3 is 2.09 bits per heavy atom. The molecule has 1 atom stereocenters. The molecule has 3 aromatic carbocycles. The summed E-state index contributed by atoms with van der Waals surface area (Å²) in [5.74, 6) is -0.194. The van der Waals surface area contributed by atoms with Crippen molar-refractivity contribution in [3.8, 4) is 11.5 Å². The van der Waals surface area contributed by atoms with Crippen LogP contribution in [0.3, 0.4) is 0 Å². The molecule has 1 aliphatic heterocycles. The number of carbonyl (C=O) groups excluding carboxylic acids is 1. The second-order valence-electron chi connectivity index (χ2n) is 8.54. The Morgan fingerprint density at radius 2 is 1.53 bits per heavy atom. The molecule has 3 aromatic rings. The highest BCUT2D eigenvalue weighted by molar-refractivity contribution is 6.16. The lowest BCUT2D eigenvalue weighted by Gasteiger charge is -2.18. The molecule has 178 valence electrons. The second kappa shape index (κ2) is 10.2. The first-order valence-electron chi connectivity index (χ1n) is 12.0. The van der Waals surface area contributed by atoms with Gasteiger partial charge >= 0.3 is 5.97 Å². The fourth-order valence-corrected chi connectivity index (χ4v) is 4.54. The van der Waals surface area contributed by atoms with E-state index >= 15 is 0 Å². The Hall–Kier alpha value is -3.54. The summed E-state index contributed by atoms with van der Waals surface area (Å²) in [5, 5.41) is 11.3. The molecule has 34 heavy (non-hydrogen) atoms. The lowest BCUT2D eigenvalue weighted by molar-refractivity contribution is -0.138. The van der Waals surface area contributed by atoms with E-state index in [0.717, 1.165) is 46.2 Å². The highest BCUT2D eigenvalue weighted by Gasteiger charge is 2.37. The molecule has 4 rings (SSSR count). The van der Waals surface area contributed by atoms with Gasteiger partial charge in [-0.15, -0.1) is 0 Å². The summed E-state index contributed by atoms with van der Waals surface area (Å²) in [5.41, 5.74) is 2.84. The van der Waals surface area contributed by atoms with Gasteiger partial charge in [0.05, 0.1) is 31.2 Å². The second-order valence-corrected chi connectivity index (χ2v) is 8.54. The number of ether oxygens (including phenoxy) is 2. The zero-order valence-corrected chi connectivity index (χ0v) is 20.0. The topological polar surface area (TPSA) is 76.1 Å². The summed E-state index contributed by atoms with van der Waals surface area (Å²) in [7, 11) is 0. The van der Waals surface area contributed by atoms with Crippen LogP contribution in [0.1, 0.15) is 67.4 Å². The first-order chi connectivity index (χ1) is 16.5. The van der Waals surface area contributed by atoms with Gasteiger partial charge in [-0.05, 0) is 37.0 Å². The summed E-state index contributed by atoms with van der Waals surface area (Å²) >= 11 is 0. The zero-order chi connectivity index (χ0) is 24.2. The van der Waals surface area contributed by atoms with Crippen molar-refractivity contribution in [2.75, 3.05) is 18.1 Å². The van der Waals surface area contributed by atoms with Crippen molar-refractivity contribution in [2.24, 2.45) is 0 Å². The molecular weight excluding hydrogens is 430 g/mol. The fraction of sp³-hybridized carbons (Fsp3) is 0.357. The van der Waals surface area contributed by atoms with Gasteiger partial charge in [-0.1, -0.05) is 57.2 Å². The van der Waals surface area contributed by atoms with E-state index in [2.05, 4.69) is 6.92 Å². The van der Waals surface area contributed by atoms with Crippen molar-refractivity contribution in [3.63, 3.8) is 0 Å². The van der Waals surface area contributed by atoms with Crippen LogP contribution in [0.4, 0.5) is 5.69 Å². The Balaban J connectivity index is 1.80. The molecule has 0 bridgehead atoms. The highest BCUT2D eigenvalue weighted by atomic mass is 16.5. The molecule has 6 heteroatoms. The first-order valence-corrected chi connectivity index (χ1v) is 12.0. The van der Waals surface area contributed by atoms with Crippen LogP contribution in [0.2, 0.25) is 0 Å². The summed E-state index contributed by atoms with van der Waals surface area (Å²) in [6.07, 6.45) is 2.20. The molecule has 0 saturated heterocycles. The van der Waals surface area contributed by atoms with Gasteiger partial charge in [0.25, 0.3) is 5.91 Å². The number of hydrogen-bond acceptors (Lipinski definition) is 4. The molecular formula is C28H31NO5. The number of fused-ring (bicyclic) bond motifs is 2. The summed E-state index contributed by atoms with van der Waals surface area (Å²) in [4.78, 5) is 27.0. The van der Waals surface area contributed by atoms with E-state index in [9.17, 15) is 14.7 Å². The van der Waals surface area contributed by atoms with Crippen molar-refractivity contribution in [3.05, 3.63) is 65.2 Å². The third-order valence-corrected chi connectivity index (χ3v) is 6.21. The summed E-state index contributed by atoms with van der Waals surface area (Å²) < 4.78 is 12.3. The highest BCUT2D eigenvalue weighted by Crippen LogP contribution is 2.46. The van der Waals surface area contributed by atoms with E-state index in [1.807, 2.05) is 50.2 Å². The first kappa shape index (κ1) is 23.6. The number of carboxylic acids is 1. The SMILES string of the molecule is CCCOc1c2c(c(OCCC)c3ccccc13)C(=O)N(c1ccc(C(CC)C(=O)O)cc1)C2. The molecule has 0 radical (unpaired) electrons. The molecule has 1 unspecified atom stereocenters. The van der Waals surface area contributed by atoms with Crippen LogP contribution >= 0.6 is 0 Å². The van der Waals surface area contributed by atoms with Gasteiger partial charge in [-0.3, -0.25) is 9.59 Å². The molecule has 0 spiro atoms. The lowest BCUT2D eigenvalue weighted by atomic mass is 9.96. The van der Waals surface area contributed by atoms with E-state index in [0.29, 0.717) is 37.5 Å². The van der Waals surface area contributed by atoms with Crippen LogP contribution in [0.5, 0.6) is 11.5 Å². The number of aliphatic carboxylic acids is 1. The molecule has 0 saturated carbocycles. The number of hydrogen-bond donors (Lipinski definition) is 1. The fourth-order valence-electron chi connectivity index (χ4n) is 4.54. The minimum absolute atomic E-state index is 0.133. The minimum atomic E-state index is -0.845. The number of carboxylic acid groups (broad SMARTS) is 1. The third-order valence-electron chi connectivity index (χ3n) is 6.21. The zero-order valence-electron chi connectivity index (χ0n) is 20.0. The molecule has 0 fully saturated rings. The van der Waals surface area contributed by atoms with E-state index in [-0.39, 0.29) is 5.91 Å². The van der Waals surface area contributed by atoms with Gasteiger partial charge in [-0.25, -0.2) is 0 Å². The summed E-state index contributed by atoms with van der Waals surface area (Å²) in [6.45, 7) is 7.39. The van der Waals surface area contributed by atoms with Crippen molar-refractivity contribution in [2.45, 2.75) is 52.5 Å². The predicted octanol–water partition coefficient (Wildman–Crippen LogP) is 6.16. The molecule has 0 aliphatic carbocycles. The number of nitrogens with zero attached hydrogens (tertiary/aromatic N) is 1. The van der Waals surface area contributed by atoms with Crippen molar-refractivity contribution in [1.29, 1.82) is 0 Å². The number of anilines is 1. The Morgan fingerprint density at radius 1 is 0.941 bits per heavy atom. The Bertz CT molecular complexity index is 1200. The third kappa shape index (κ3) is 4.20. The average Bonchev–Trinajstić information content (AvgIpc) is 3.19. The van der Waals surface area contributed by atoms with Gasteiger partial charge in [0.15, 0.2) is 0 Å². The van der Waals surface area contributed by atoms with E-state index in [1.54, 1.807) is 17.0 Å². The van der Waals surface area contributed by atoms with Gasteiger partial charge in [0, 0.05) is 22.0 Å². The normalized spacial score (nSPS) is 13.7. The predicted molar refractivity (Wildman–Crippen MR) is 133 cm³/mol. The van der Waals surface area contributed by atoms with E-state index in [4.69, 9.17) is 9.47 Å². The van der Waals surface area contributed by atoms with Gasteiger partial charge < -0.3 is 19.5 Å². The van der Waals surface area contributed by atoms with E-state index < -0.39 is 11.9 Å². The van der Waals surface area contributed by atoms with Gasteiger partial charge in [0.2, 0.25) is 0 Å². The average molecular weight is 462 g/mol. The molecule has 1 N–H and O–H groups in total. The van der Waals surface area contributed by atoms with Gasteiger partial charge in [-0.2, -0.15) is 0 Å². The quantitative estimate of drug-likeness (QED) is 0.392.